The second kappa shape index (κ2) is 6.16. The Morgan fingerprint density at radius 1 is 1.38 bits per heavy atom. The smallest absolute Gasteiger partial charge is 0.325 e. The topological polar surface area (TPSA) is 87.1 Å². The van der Waals surface area contributed by atoms with Crippen LogP contribution in [-0.2, 0) is 4.79 Å². The second-order valence-corrected chi connectivity index (χ2v) is 2.23. The molecule has 1 atom stereocenters. The second-order valence-electron chi connectivity index (χ2n) is 2.23. The predicted molar refractivity (Wildman–Crippen MR) is 51.3 cm³/mol. The Morgan fingerprint density at radius 2 is 1.85 bits per heavy atom. The summed E-state index contributed by atoms with van der Waals surface area (Å²) in [5.74, 6) is -1.00. The average molecular weight is 181 g/mol. The number of carbonyl (C=O) groups is 1. The Hall–Kier alpha value is -1.39. The first-order valence-electron chi connectivity index (χ1n) is 3.75. The number of hydrogen-bond donors (Lipinski definition) is 2. The van der Waals surface area contributed by atoms with Gasteiger partial charge in [-0.3, -0.25) is 4.79 Å². The molecule has 4 N–H and O–H groups in total. The monoisotopic (exact) mass is 181 g/mol. The highest BCUT2D eigenvalue weighted by atomic mass is 16.4. The lowest BCUT2D eigenvalue weighted by Crippen LogP contribution is -2.20. The molecule has 1 rings (SSSR count). The van der Waals surface area contributed by atoms with Crippen molar-refractivity contribution >= 4 is 5.97 Å². The molecule has 4 heteroatoms. The van der Waals surface area contributed by atoms with Crippen molar-refractivity contribution in [2.24, 2.45) is 5.73 Å². The van der Waals surface area contributed by atoms with Gasteiger partial charge in [-0.2, -0.15) is 7.05 Å². The number of carboxylic acid groups (broad SMARTS) is 1. The molecule has 72 valence electrons. The quantitative estimate of drug-likeness (QED) is 0.723. The van der Waals surface area contributed by atoms with Gasteiger partial charge in [-0.15, -0.1) is 0 Å². The third-order valence-electron chi connectivity index (χ3n) is 1.42. The van der Waals surface area contributed by atoms with Crippen LogP contribution in [0.5, 0.6) is 0 Å². The van der Waals surface area contributed by atoms with Crippen molar-refractivity contribution in [1.29, 1.82) is 0 Å². The van der Waals surface area contributed by atoms with E-state index in [4.69, 9.17) is 16.6 Å². The number of nitrogens with one attached hydrogen (secondary N) is 1. The maximum Gasteiger partial charge on any atom is 0.325 e. The fraction of sp³-hybridized carbons (Fsp3) is 0.222. The SMILES string of the molecule is C[NH-].N[C@@H](C(=O)O)c1ccccc1. The van der Waals surface area contributed by atoms with Gasteiger partial charge in [0.2, 0.25) is 0 Å². The summed E-state index contributed by atoms with van der Waals surface area (Å²) in [7, 11) is 1.25. The molecule has 0 aliphatic carbocycles. The Labute approximate surface area is 77.2 Å². The number of hydrogen-bond acceptors (Lipinski definition) is 2. The van der Waals surface area contributed by atoms with Crippen molar-refractivity contribution in [3.05, 3.63) is 41.6 Å². The molecule has 0 spiro atoms. The first-order valence-corrected chi connectivity index (χ1v) is 3.75. The third-order valence-corrected chi connectivity index (χ3v) is 1.42. The summed E-state index contributed by atoms with van der Waals surface area (Å²) < 4.78 is 0. The van der Waals surface area contributed by atoms with E-state index in [1.807, 2.05) is 6.07 Å². The van der Waals surface area contributed by atoms with Crippen LogP contribution in [0, 0.1) is 0 Å². The molecular weight excluding hydrogens is 168 g/mol. The molecule has 0 amide bonds. The van der Waals surface area contributed by atoms with E-state index >= 15 is 0 Å². The number of benzene rings is 1. The molecule has 0 aliphatic heterocycles. The summed E-state index contributed by atoms with van der Waals surface area (Å²) >= 11 is 0. The van der Waals surface area contributed by atoms with E-state index < -0.39 is 12.0 Å². The van der Waals surface area contributed by atoms with Gasteiger partial charge in [-0.05, 0) is 5.56 Å². The van der Waals surface area contributed by atoms with Gasteiger partial charge in [-0.1, -0.05) is 30.3 Å². The van der Waals surface area contributed by atoms with Gasteiger partial charge in [-0.25, -0.2) is 0 Å². The Morgan fingerprint density at radius 3 is 2.23 bits per heavy atom. The van der Waals surface area contributed by atoms with Crippen molar-refractivity contribution in [2.45, 2.75) is 6.04 Å². The van der Waals surface area contributed by atoms with Crippen molar-refractivity contribution in [2.75, 3.05) is 7.05 Å². The lowest BCUT2D eigenvalue weighted by molar-refractivity contribution is -0.138. The Kier molecular flexibility index (Phi) is 5.50. The number of nitrogens with two attached hydrogens (primary N) is 1. The minimum absolute atomic E-state index is 0.625. The van der Waals surface area contributed by atoms with E-state index in [9.17, 15) is 4.79 Å². The van der Waals surface area contributed by atoms with Gasteiger partial charge >= 0.3 is 5.97 Å². The molecule has 0 saturated heterocycles. The number of rotatable bonds is 2. The summed E-state index contributed by atoms with van der Waals surface area (Å²) in [6, 6.07) is 7.82. The zero-order valence-electron chi connectivity index (χ0n) is 7.40. The Bertz CT molecular complexity index is 249. The minimum Gasteiger partial charge on any atom is -0.680 e. The molecule has 1 aromatic rings. The van der Waals surface area contributed by atoms with Gasteiger partial charge in [0.25, 0.3) is 0 Å². The van der Waals surface area contributed by atoms with Crippen LogP contribution in [0.1, 0.15) is 11.6 Å². The molecule has 0 heterocycles. The summed E-state index contributed by atoms with van der Waals surface area (Å²) in [6.07, 6.45) is 0. The van der Waals surface area contributed by atoms with Crippen LogP contribution in [0.4, 0.5) is 0 Å². The molecule has 0 saturated carbocycles. The van der Waals surface area contributed by atoms with E-state index in [1.165, 1.54) is 7.05 Å². The van der Waals surface area contributed by atoms with Gasteiger partial charge in [0, 0.05) is 0 Å². The average Bonchev–Trinajstić information content (AvgIpc) is 2.21. The molecule has 4 nitrogen and oxygen atoms in total. The van der Waals surface area contributed by atoms with E-state index in [0.717, 1.165) is 0 Å². The molecular formula is C9H13N2O2-. The molecule has 0 radical (unpaired) electrons. The number of carboxylic acids is 1. The maximum atomic E-state index is 10.4. The first-order chi connectivity index (χ1) is 6.22. The van der Waals surface area contributed by atoms with Crippen LogP contribution in [0.15, 0.2) is 30.3 Å². The predicted octanol–water partition coefficient (Wildman–Crippen LogP) is 1.44. The maximum absolute atomic E-state index is 10.4. The lowest BCUT2D eigenvalue weighted by Gasteiger charge is -2.04. The molecule has 13 heavy (non-hydrogen) atoms. The molecule has 0 aliphatic rings. The van der Waals surface area contributed by atoms with Crippen molar-refractivity contribution in [3.63, 3.8) is 0 Å². The van der Waals surface area contributed by atoms with Crippen LogP contribution in [0.25, 0.3) is 5.73 Å². The van der Waals surface area contributed by atoms with E-state index in [0.29, 0.717) is 5.56 Å². The normalized spacial score (nSPS) is 11.0. The van der Waals surface area contributed by atoms with Crippen LogP contribution < -0.4 is 5.73 Å². The summed E-state index contributed by atoms with van der Waals surface area (Å²) in [4.78, 5) is 10.4. The minimum atomic E-state index is -1.00. The summed E-state index contributed by atoms with van der Waals surface area (Å²) in [6.45, 7) is 0. The van der Waals surface area contributed by atoms with E-state index in [-0.39, 0.29) is 0 Å². The Balaban J connectivity index is 0.000000671. The molecule has 1 aromatic carbocycles. The van der Waals surface area contributed by atoms with Gasteiger partial charge in [0.1, 0.15) is 6.04 Å². The lowest BCUT2D eigenvalue weighted by atomic mass is 10.1. The van der Waals surface area contributed by atoms with E-state index in [2.05, 4.69) is 0 Å². The highest BCUT2D eigenvalue weighted by Crippen LogP contribution is 2.08. The summed E-state index contributed by atoms with van der Waals surface area (Å²) in [5.41, 5.74) is 11.7. The third kappa shape index (κ3) is 3.68. The van der Waals surface area contributed by atoms with Crippen LogP contribution in [0.3, 0.4) is 0 Å². The van der Waals surface area contributed by atoms with Crippen LogP contribution >= 0.6 is 0 Å². The van der Waals surface area contributed by atoms with Gasteiger partial charge in [0.15, 0.2) is 0 Å². The largest absolute Gasteiger partial charge is 0.680 e. The highest BCUT2D eigenvalue weighted by molar-refractivity contribution is 5.75. The molecule has 0 bridgehead atoms. The molecule has 0 aromatic heterocycles. The van der Waals surface area contributed by atoms with Crippen molar-refractivity contribution in [1.82, 2.24) is 0 Å². The molecule has 0 unspecified atom stereocenters. The zero-order valence-corrected chi connectivity index (χ0v) is 7.40. The summed E-state index contributed by atoms with van der Waals surface area (Å²) in [5, 5.41) is 8.51. The van der Waals surface area contributed by atoms with Crippen molar-refractivity contribution in [3.8, 4) is 0 Å². The number of aliphatic carboxylic acids is 1. The van der Waals surface area contributed by atoms with Gasteiger partial charge < -0.3 is 16.6 Å². The fourth-order valence-electron chi connectivity index (χ4n) is 0.803. The standard InChI is InChI=1S/C8H9NO2.CH4N/c9-7(8(10)11)6-4-2-1-3-5-6;1-2/h1-5,7H,9H2,(H,10,11);2H,1H3/q;-1/t7-;/m1./s1. The van der Waals surface area contributed by atoms with Crippen LogP contribution in [0.2, 0.25) is 0 Å². The van der Waals surface area contributed by atoms with E-state index in [1.54, 1.807) is 24.3 Å². The van der Waals surface area contributed by atoms with Crippen LogP contribution in [-0.4, -0.2) is 18.1 Å². The first kappa shape index (κ1) is 11.6. The zero-order chi connectivity index (χ0) is 10.3. The molecule has 0 fully saturated rings. The fourth-order valence-corrected chi connectivity index (χ4v) is 0.803. The highest BCUT2D eigenvalue weighted by Gasteiger charge is 2.12. The van der Waals surface area contributed by atoms with Gasteiger partial charge in [0.05, 0.1) is 0 Å². The van der Waals surface area contributed by atoms with Crippen molar-refractivity contribution < 1.29 is 9.90 Å².